The fraction of sp³-hybridized carbons (Fsp3) is 0.455. The van der Waals surface area contributed by atoms with Crippen LogP contribution in [0.4, 0.5) is 5.69 Å². The Bertz CT molecular complexity index is 319. The van der Waals surface area contributed by atoms with Crippen LogP contribution in [0.2, 0.25) is 0 Å². The minimum Gasteiger partial charge on any atom is -0.496 e. The van der Waals surface area contributed by atoms with Crippen LogP contribution in [0.15, 0.2) is 12.1 Å². The van der Waals surface area contributed by atoms with Crippen molar-refractivity contribution in [2.75, 3.05) is 26.1 Å². The van der Waals surface area contributed by atoms with E-state index in [1.54, 1.807) is 7.11 Å². The molecule has 1 rings (SSSR count). The number of ether oxygens (including phenoxy) is 1. The molecule has 1 aromatic carbocycles. The molecule has 0 heterocycles. The SMILES string of the molecule is COc1ccc(C)c(N(C)C)c1C.Cl.Cl.[Zn]. The van der Waals surface area contributed by atoms with Gasteiger partial charge in [0.2, 0.25) is 0 Å². The van der Waals surface area contributed by atoms with Crippen molar-refractivity contribution in [2.24, 2.45) is 0 Å². The monoisotopic (exact) mass is 315 g/mol. The van der Waals surface area contributed by atoms with Crippen molar-refractivity contribution >= 4 is 30.5 Å². The van der Waals surface area contributed by atoms with Gasteiger partial charge in [-0.2, -0.15) is 0 Å². The Morgan fingerprint density at radius 3 is 1.94 bits per heavy atom. The molecule has 0 N–H and O–H groups in total. The summed E-state index contributed by atoms with van der Waals surface area (Å²) in [7, 11) is 5.81. The summed E-state index contributed by atoms with van der Waals surface area (Å²) in [6, 6.07) is 4.10. The molecular weight excluding hydrogens is 298 g/mol. The Labute approximate surface area is 123 Å². The second kappa shape index (κ2) is 9.09. The van der Waals surface area contributed by atoms with Gasteiger partial charge in [0.1, 0.15) is 5.75 Å². The predicted molar refractivity (Wildman–Crippen MR) is 71.3 cm³/mol. The van der Waals surface area contributed by atoms with Gasteiger partial charge in [0.05, 0.1) is 7.11 Å². The summed E-state index contributed by atoms with van der Waals surface area (Å²) < 4.78 is 5.26. The van der Waals surface area contributed by atoms with E-state index in [4.69, 9.17) is 4.74 Å². The maximum atomic E-state index is 5.26. The molecule has 0 atom stereocenters. The molecule has 0 saturated heterocycles. The number of rotatable bonds is 2. The van der Waals surface area contributed by atoms with E-state index < -0.39 is 0 Å². The van der Waals surface area contributed by atoms with Crippen LogP contribution in [0.5, 0.6) is 5.75 Å². The van der Waals surface area contributed by atoms with Gasteiger partial charge < -0.3 is 9.64 Å². The van der Waals surface area contributed by atoms with Crippen molar-refractivity contribution in [1.29, 1.82) is 0 Å². The van der Waals surface area contributed by atoms with Crippen LogP contribution in [-0.2, 0) is 19.5 Å². The number of benzene rings is 1. The molecule has 0 unspecified atom stereocenters. The zero-order chi connectivity index (χ0) is 10.0. The first-order valence-corrected chi connectivity index (χ1v) is 4.39. The first-order valence-electron chi connectivity index (χ1n) is 4.39. The van der Waals surface area contributed by atoms with Gasteiger partial charge in [-0.3, -0.25) is 0 Å². The molecule has 0 bridgehead atoms. The molecule has 0 saturated carbocycles. The Balaban J connectivity index is -0.000000563. The second-order valence-corrected chi connectivity index (χ2v) is 3.45. The summed E-state index contributed by atoms with van der Waals surface area (Å²) in [5.74, 6) is 0.953. The molecule has 0 aliphatic heterocycles. The number of halogens is 2. The van der Waals surface area contributed by atoms with E-state index in [1.807, 2.05) is 6.07 Å². The molecule has 0 spiro atoms. The summed E-state index contributed by atoms with van der Waals surface area (Å²) >= 11 is 0. The molecule has 90 valence electrons. The van der Waals surface area contributed by atoms with Crippen LogP contribution in [0.3, 0.4) is 0 Å². The first-order chi connectivity index (χ1) is 6.07. The molecule has 5 heteroatoms. The van der Waals surface area contributed by atoms with Crippen LogP contribution in [0, 0.1) is 13.8 Å². The smallest absolute Gasteiger partial charge is 0.123 e. The summed E-state index contributed by atoms with van der Waals surface area (Å²) in [5, 5.41) is 0. The molecule has 0 amide bonds. The Morgan fingerprint density at radius 1 is 1.06 bits per heavy atom. The third kappa shape index (κ3) is 4.49. The van der Waals surface area contributed by atoms with Crippen molar-refractivity contribution in [3.8, 4) is 5.75 Å². The largest absolute Gasteiger partial charge is 0.496 e. The predicted octanol–water partition coefficient (Wildman–Crippen LogP) is 3.22. The fourth-order valence-electron chi connectivity index (χ4n) is 1.73. The van der Waals surface area contributed by atoms with Crippen molar-refractivity contribution in [3.63, 3.8) is 0 Å². The van der Waals surface area contributed by atoms with Gasteiger partial charge in [-0.15, -0.1) is 24.8 Å². The van der Waals surface area contributed by atoms with Gasteiger partial charge in [0.25, 0.3) is 0 Å². The number of hydrogen-bond donors (Lipinski definition) is 0. The minimum atomic E-state index is 0. The Kier molecular flexibility index (Phi) is 12.1. The van der Waals surface area contributed by atoms with Crippen LogP contribution >= 0.6 is 24.8 Å². The quantitative estimate of drug-likeness (QED) is 0.777. The van der Waals surface area contributed by atoms with Crippen molar-refractivity contribution in [2.45, 2.75) is 13.8 Å². The van der Waals surface area contributed by atoms with Gasteiger partial charge in [0, 0.05) is 44.8 Å². The number of hydrogen-bond acceptors (Lipinski definition) is 2. The maximum Gasteiger partial charge on any atom is 0.123 e. The molecule has 1 aromatic rings. The fourth-order valence-corrected chi connectivity index (χ4v) is 1.73. The maximum absolute atomic E-state index is 5.26. The average Bonchev–Trinajstić information content (AvgIpc) is 2.04. The van der Waals surface area contributed by atoms with Gasteiger partial charge in [-0.1, -0.05) is 6.07 Å². The average molecular weight is 318 g/mol. The minimum absolute atomic E-state index is 0. The molecular formula is C11H19Cl2NOZn. The molecule has 0 aromatic heterocycles. The zero-order valence-corrected chi connectivity index (χ0v) is 15.1. The number of anilines is 1. The van der Waals surface area contributed by atoms with Gasteiger partial charge in [-0.05, 0) is 25.5 Å². The van der Waals surface area contributed by atoms with E-state index in [1.165, 1.54) is 16.8 Å². The van der Waals surface area contributed by atoms with Crippen molar-refractivity contribution in [1.82, 2.24) is 0 Å². The van der Waals surface area contributed by atoms with Gasteiger partial charge in [0.15, 0.2) is 0 Å². The summed E-state index contributed by atoms with van der Waals surface area (Å²) in [5.41, 5.74) is 3.73. The normalized spacial score (nSPS) is 8.06. The van der Waals surface area contributed by atoms with E-state index in [-0.39, 0.29) is 44.3 Å². The standard InChI is InChI=1S/C11H17NO.2ClH.Zn/c1-8-6-7-10(13-5)9(2)11(8)12(3)4;;;/h6-7H,1-5H3;2*1H;. The van der Waals surface area contributed by atoms with E-state index >= 15 is 0 Å². The molecule has 16 heavy (non-hydrogen) atoms. The number of methoxy groups -OCH3 is 1. The third-order valence-corrected chi connectivity index (χ3v) is 2.25. The van der Waals surface area contributed by atoms with Crippen LogP contribution in [0.1, 0.15) is 11.1 Å². The number of aryl methyl sites for hydroxylation is 1. The Hall–Kier alpha value is 0.0234. The number of nitrogens with zero attached hydrogens (tertiary/aromatic N) is 1. The second-order valence-electron chi connectivity index (χ2n) is 3.45. The molecule has 0 aliphatic rings. The molecule has 0 fully saturated rings. The van der Waals surface area contributed by atoms with Gasteiger partial charge >= 0.3 is 0 Å². The topological polar surface area (TPSA) is 12.5 Å². The third-order valence-electron chi connectivity index (χ3n) is 2.25. The Morgan fingerprint density at radius 2 is 1.56 bits per heavy atom. The van der Waals surface area contributed by atoms with Crippen LogP contribution < -0.4 is 9.64 Å². The molecule has 0 radical (unpaired) electrons. The molecule has 0 aliphatic carbocycles. The van der Waals surface area contributed by atoms with E-state index in [2.05, 4.69) is 38.9 Å². The first kappa shape index (κ1) is 21.3. The summed E-state index contributed by atoms with van der Waals surface area (Å²) in [6.07, 6.45) is 0. The van der Waals surface area contributed by atoms with Crippen molar-refractivity contribution < 1.29 is 24.2 Å². The summed E-state index contributed by atoms with van der Waals surface area (Å²) in [4.78, 5) is 2.12. The van der Waals surface area contributed by atoms with E-state index in [9.17, 15) is 0 Å². The van der Waals surface area contributed by atoms with Crippen LogP contribution in [0.25, 0.3) is 0 Å². The van der Waals surface area contributed by atoms with Gasteiger partial charge in [-0.25, -0.2) is 0 Å². The molecule has 2 nitrogen and oxygen atoms in total. The van der Waals surface area contributed by atoms with E-state index in [0.29, 0.717) is 0 Å². The zero-order valence-electron chi connectivity index (χ0n) is 10.5. The van der Waals surface area contributed by atoms with E-state index in [0.717, 1.165) is 5.75 Å². The summed E-state index contributed by atoms with van der Waals surface area (Å²) in [6.45, 7) is 4.20. The van der Waals surface area contributed by atoms with Crippen molar-refractivity contribution in [3.05, 3.63) is 23.3 Å². The van der Waals surface area contributed by atoms with Crippen LogP contribution in [-0.4, -0.2) is 21.2 Å².